The normalized spacial score (nSPS) is 19.4. The molecule has 1 N–H and O–H groups in total. The van der Waals surface area contributed by atoms with Gasteiger partial charge in [-0.25, -0.2) is 4.79 Å². The summed E-state index contributed by atoms with van der Waals surface area (Å²) in [7, 11) is 0. The maximum absolute atomic E-state index is 13.1. The van der Waals surface area contributed by atoms with Crippen molar-refractivity contribution in [3.05, 3.63) is 78.0 Å². The molecule has 1 atom stereocenters. The van der Waals surface area contributed by atoms with E-state index in [-0.39, 0.29) is 12.5 Å². The average molecular weight is 361 g/mol. The number of nitrogens with one attached hydrogen (secondary N) is 1. The van der Waals surface area contributed by atoms with Crippen molar-refractivity contribution in [2.45, 2.75) is 25.4 Å². The van der Waals surface area contributed by atoms with Crippen molar-refractivity contribution >= 4 is 11.9 Å². The lowest BCUT2D eigenvalue weighted by Gasteiger charge is -2.25. The highest BCUT2D eigenvalue weighted by molar-refractivity contribution is 6.07. The zero-order valence-corrected chi connectivity index (χ0v) is 14.9. The van der Waals surface area contributed by atoms with Crippen LogP contribution in [0.5, 0.6) is 0 Å². The van der Waals surface area contributed by atoms with Gasteiger partial charge in [-0.3, -0.25) is 9.69 Å². The number of benzene rings is 2. The number of amides is 3. The van der Waals surface area contributed by atoms with E-state index in [4.69, 9.17) is 4.52 Å². The topological polar surface area (TPSA) is 75.4 Å². The number of imide groups is 1. The van der Waals surface area contributed by atoms with Crippen molar-refractivity contribution in [3.8, 4) is 11.3 Å². The molecule has 1 saturated heterocycles. The lowest BCUT2D eigenvalue weighted by atomic mass is 9.87. The molecular formula is C21H19N3O3. The Morgan fingerprint density at radius 3 is 2.37 bits per heavy atom. The van der Waals surface area contributed by atoms with Crippen LogP contribution >= 0.6 is 0 Å². The molecule has 136 valence electrons. The Morgan fingerprint density at radius 2 is 1.70 bits per heavy atom. The maximum Gasteiger partial charge on any atom is 0.325 e. The van der Waals surface area contributed by atoms with E-state index in [2.05, 4.69) is 10.5 Å². The molecule has 6 nitrogen and oxygen atoms in total. The standard InChI is InChI=1S/C21H19N3O3/c1-2-21(16-11-7-4-8-12-16)19(25)24(20(26)22-21)14-17-13-18(27-23-17)15-9-5-3-6-10-15/h3-13H,2,14H2,1H3,(H,22,26). The fourth-order valence-electron chi connectivity index (χ4n) is 3.42. The van der Waals surface area contributed by atoms with Crippen LogP contribution in [0.3, 0.4) is 0 Å². The van der Waals surface area contributed by atoms with Gasteiger partial charge in [0.25, 0.3) is 5.91 Å². The number of hydrogen-bond donors (Lipinski definition) is 1. The summed E-state index contributed by atoms with van der Waals surface area (Å²) in [6.45, 7) is 1.95. The number of carbonyl (C=O) groups excluding carboxylic acids is 2. The molecule has 3 amide bonds. The third kappa shape index (κ3) is 2.89. The predicted octanol–water partition coefficient (Wildman–Crippen LogP) is 3.70. The Morgan fingerprint density at radius 1 is 1.04 bits per heavy atom. The Bertz CT molecular complexity index is 969. The summed E-state index contributed by atoms with van der Waals surface area (Å²) in [6, 6.07) is 20.2. The predicted molar refractivity (Wildman–Crippen MR) is 99.4 cm³/mol. The molecule has 27 heavy (non-hydrogen) atoms. The van der Waals surface area contributed by atoms with E-state index in [0.29, 0.717) is 17.9 Å². The van der Waals surface area contributed by atoms with Gasteiger partial charge in [0, 0.05) is 11.6 Å². The summed E-state index contributed by atoms with van der Waals surface area (Å²) in [6.07, 6.45) is 0.464. The van der Waals surface area contributed by atoms with Gasteiger partial charge in [0.05, 0.1) is 6.54 Å². The lowest BCUT2D eigenvalue weighted by Crippen LogP contribution is -2.43. The van der Waals surface area contributed by atoms with Gasteiger partial charge in [-0.15, -0.1) is 0 Å². The van der Waals surface area contributed by atoms with Crippen LogP contribution in [0.15, 0.2) is 71.3 Å². The first-order valence-electron chi connectivity index (χ1n) is 8.84. The number of urea groups is 1. The minimum Gasteiger partial charge on any atom is -0.356 e. The molecule has 1 aromatic heterocycles. The van der Waals surface area contributed by atoms with Crippen molar-refractivity contribution < 1.29 is 14.1 Å². The first kappa shape index (κ1) is 17.0. The van der Waals surface area contributed by atoms with Gasteiger partial charge >= 0.3 is 6.03 Å². The zero-order chi connectivity index (χ0) is 18.9. The number of hydrogen-bond acceptors (Lipinski definition) is 4. The molecule has 0 saturated carbocycles. The molecule has 1 unspecified atom stereocenters. The smallest absolute Gasteiger partial charge is 0.325 e. The number of aromatic nitrogens is 1. The van der Waals surface area contributed by atoms with Crippen LogP contribution in [0.2, 0.25) is 0 Å². The van der Waals surface area contributed by atoms with Crippen LogP contribution in [-0.2, 0) is 16.9 Å². The van der Waals surface area contributed by atoms with Gasteiger partial charge in [-0.2, -0.15) is 0 Å². The molecule has 2 aromatic carbocycles. The monoisotopic (exact) mass is 361 g/mol. The van der Waals surface area contributed by atoms with Gasteiger partial charge in [0.15, 0.2) is 5.76 Å². The van der Waals surface area contributed by atoms with E-state index in [9.17, 15) is 9.59 Å². The van der Waals surface area contributed by atoms with Crippen LogP contribution in [-0.4, -0.2) is 22.0 Å². The first-order chi connectivity index (χ1) is 13.1. The fraction of sp³-hybridized carbons (Fsp3) is 0.190. The summed E-state index contributed by atoms with van der Waals surface area (Å²) in [5.74, 6) is 0.327. The van der Waals surface area contributed by atoms with Gasteiger partial charge < -0.3 is 9.84 Å². The first-order valence-corrected chi connectivity index (χ1v) is 8.84. The van der Waals surface area contributed by atoms with Crippen molar-refractivity contribution in [1.82, 2.24) is 15.4 Å². The highest BCUT2D eigenvalue weighted by Crippen LogP contribution is 2.33. The number of carbonyl (C=O) groups is 2. The molecule has 0 aliphatic carbocycles. The SMILES string of the molecule is CCC1(c2ccccc2)NC(=O)N(Cc2cc(-c3ccccc3)on2)C1=O. The maximum atomic E-state index is 13.1. The summed E-state index contributed by atoms with van der Waals surface area (Å²) >= 11 is 0. The van der Waals surface area contributed by atoms with E-state index in [0.717, 1.165) is 11.1 Å². The highest BCUT2D eigenvalue weighted by Gasteiger charge is 2.51. The van der Waals surface area contributed by atoms with E-state index >= 15 is 0 Å². The fourth-order valence-corrected chi connectivity index (χ4v) is 3.42. The Balaban J connectivity index is 1.59. The largest absolute Gasteiger partial charge is 0.356 e. The van der Waals surface area contributed by atoms with E-state index in [1.165, 1.54) is 4.90 Å². The molecule has 0 spiro atoms. The molecular weight excluding hydrogens is 342 g/mol. The average Bonchev–Trinajstić information content (AvgIpc) is 3.28. The second-order valence-corrected chi connectivity index (χ2v) is 6.49. The lowest BCUT2D eigenvalue weighted by molar-refractivity contribution is -0.132. The third-order valence-electron chi connectivity index (χ3n) is 4.91. The van der Waals surface area contributed by atoms with Crippen molar-refractivity contribution in [2.24, 2.45) is 0 Å². The van der Waals surface area contributed by atoms with Crippen LogP contribution in [0.4, 0.5) is 4.79 Å². The molecule has 4 rings (SSSR count). The van der Waals surface area contributed by atoms with Crippen LogP contribution < -0.4 is 5.32 Å². The zero-order valence-electron chi connectivity index (χ0n) is 14.9. The Hall–Kier alpha value is -3.41. The second kappa shape index (κ2) is 6.72. The quantitative estimate of drug-likeness (QED) is 0.703. The van der Waals surface area contributed by atoms with Crippen molar-refractivity contribution in [1.29, 1.82) is 0 Å². The molecule has 3 aromatic rings. The Labute approximate surface area is 156 Å². The molecule has 0 radical (unpaired) electrons. The Kier molecular flexibility index (Phi) is 4.24. The van der Waals surface area contributed by atoms with E-state index in [1.54, 1.807) is 6.07 Å². The minimum atomic E-state index is -1.04. The second-order valence-electron chi connectivity index (χ2n) is 6.49. The molecule has 6 heteroatoms. The molecule has 1 fully saturated rings. The molecule has 1 aliphatic rings. The van der Waals surface area contributed by atoms with Crippen LogP contribution in [0.1, 0.15) is 24.6 Å². The van der Waals surface area contributed by atoms with E-state index in [1.807, 2.05) is 67.6 Å². The van der Waals surface area contributed by atoms with Crippen molar-refractivity contribution in [2.75, 3.05) is 0 Å². The van der Waals surface area contributed by atoms with Crippen molar-refractivity contribution in [3.63, 3.8) is 0 Å². The van der Waals surface area contributed by atoms with Crippen LogP contribution in [0.25, 0.3) is 11.3 Å². The molecule has 2 heterocycles. The van der Waals surface area contributed by atoms with Gasteiger partial charge in [0.1, 0.15) is 11.2 Å². The van der Waals surface area contributed by atoms with Gasteiger partial charge in [-0.05, 0) is 12.0 Å². The minimum absolute atomic E-state index is 0.0651. The summed E-state index contributed by atoms with van der Waals surface area (Å²) in [4.78, 5) is 26.9. The number of nitrogens with zero attached hydrogens (tertiary/aromatic N) is 2. The van der Waals surface area contributed by atoms with Crippen LogP contribution in [0, 0.1) is 0 Å². The summed E-state index contributed by atoms with van der Waals surface area (Å²) in [5.41, 5.74) is 1.15. The summed E-state index contributed by atoms with van der Waals surface area (Å²) < 4.78 is 5.37. The molecule has 1 aliphatic heterocycles. The highest BCUT2D eigenvalue weighted by atomic mass is 16.5. The number of rotatable bonds is 5. The van der Waals surface area contributed by atoms with Gasteiger partial charge in [0.2, 0.25) is 0 Å². The molecule has 0 bridgehead atoms. The van der Waals surface area contributed by atoms with E-state index < -0.39 is 11.6 Å². The van der Waals surface area contributed by atoms with Gasteiger partial charge in [-0.1, -0.05) is 72.7 Å². The summed E-state index contributed by atoms with van der Waals surface area (Å²) in [5, 5.41) is 6.89. The third-order valence-corrected chi connectivity index (χ3v) is 4.91.